The second kappa shape index (κ2) is 6.71. The van der Waals surface area contributed by atoms with Crippen LogP contribution in [-0.4, -0.2) is 17.9 Å². The van der Waals surface area contributed by atoms with Crippen LogP contribution in [0.1, 0.15) is 21.5 Å². The van der Waals surface area contributed by atoms with Crippen LogP contribution in [0.25, 0.3) is 0 Å². The van der Waals surface area contributed by atoms with Gasteiger partial charge in [0.1, 0.15) is 5.69 Å². The summed E-state index contributed by atoms with van der Waals surface area (Å²) in [5, 5.41) is 16.5. The Labute approximate surface area is 128 Å². The number of nitrogens with one attached hydrogen (secondary N) is 2. The van der Waals surface area contributed by atoms with Crippen LogP contribution in [0.3, 0.4) is 0 Å². The monoisotopic (exact) mass is 299 g/mol. The molecule has 114 valence electrons. The Bertz CT molecular complexity index is 696. The van der Waals surface area contributed by atoms with Crippen molar-refractivity contribution in [1.29, 1.82) is 0 Å². The van der Waals surface area contributed by atoms with E-state index in [1.807, 2.05) is 31.2 Å². The van der Waals surface area contributed by atoms with Gasteiger partial charge >= 0.3 is 0 Å². The summed E-state index contributed by atoms with van der Waals surface area (Å²) in [5.74, 6) is -0.341. The molecule has 0 atom stereocenters. The number of hydrogen-bond acceptors (Lipinski definition) is 4. The highest BCUT2D eigenvalue weighted by Gasteiger charge is 2.16. The van der Waals surface area contributed by atoms with Crippen molar-refractivity contribution >= 4 is 17.3 Å². The zero-order valence-electron chi connectivity index (χ0n) is 12.4. The first-order chi connectivity index (χ1) is 10.5. The fraction of sp³-hybridized carbons (Fsp3) is 0.188. The summed E-state index contributed by atoms with van der Waals surface area (Å²) in [5.41, 5.74) is 2.64. The van der Waals surface area contributed by atoms with Gasteiger partial charge < -0.3 is 10.6 Å². The third-order valence-corrected chi connectivity index (χ3v) is 3.30. The highest BCUT2D eigenvalue weighted by Crippen LogP contribution is 2.24. The number of nitrogens with zero attached hydrogens (tertiary/aromatic N) is 1. The molecule has 0 aliphatic carbocycles. The lowest BCUT2D eigenvalue weighted by Gasteiger charge is -2.07. The van der Waals surface area contributed by atoms with E-state index in [2.05, 4.69) is 10.6 Å². The highest BCUT2D eigenvalue weighted by molar-refractivity contribution is 5.95. The Hall–Kier alpha value is -2.89. The molecule has 0 aliphatic heterocycles. The fourth-order valence-electron chi connectivity index (χ4n) is 2.03. The molecule has 0 saturated carbocycles. The van der Waals surface area contributed by atoms with Crippen molar-refractivity contribution in [2.24, 2.45) is 0 Å². The molecule has 1 amide bonds. The zero-order chi connectivity index (χ0) is 16.1. The summed E-state index contributed by atoms with van der Waals surface area (Å²) >= 11 is 0. The SMILES string of the molecule is CNc1ccc(C(=O)NCc2ccc(C)cc2)cc1[N+](=O)[O-]. The molecule has 0 unspecified atom stereocenters. The number of hydrogen-bond donors (Lipinski definition) is 2. The first-order valence-corrected chi connectivity index (χ1v) is 6.81. The lowest BCUT2D eigenvalue weighted by atomic mass is 10.1. The van der Waals surface area contributed by atoms with Crippen LogP contribution in [0.2, 0.25) is 0 Å². The summed E-state index contributed by atoms with van der Waals surface area (Å²) in [6.07, 6.45) is 0. The van der Waals surface area contributed by atoms with Crippen molar-refractivity contribution in [2.45, 2.75) is 13.5 Å². The molecule has 6 nitrogen and oxygen atoms in total. The lowest BCUT2D eigenvalue weighted by molar-refractivity contribution is -0.384. The van der Waals surface area contributed by atoms with Gasteiger partial charge in [-0.25, -0.2) is 0 Å². The van der Waals surface area contributed by atoms with Crippen LogP contribution in [0.5, 0.6) is 0 Å². The van der Waals surface area contributed by atoms with E-state index in [9.17, 15) is 14.9 Å². The Morgan fingerprint density at radius 3 is 2.45 bits per heavy atom. The summed E-state index contributed by atoms with van der Waals surface area (Å²) in [6, 6.07) is 12.2. The molecule has 6 heteroatoms. The second-order valence-corrected chi connectivity index (χ2v) is 4.91. The number of nitro groups is 1. The number of anilines is 1. The van der Waals surface area contributed by atoms with Gasteiger partial charge in [-0.2, -0.15) is 0 Å². The first kappa shape index (κ1) is 15.5. The minimum atomic E-state index is -0.511. The maximum atomic E-state index is 12.1. The number of nitro benzene ring substituents is 1. The van der Waals surface area contributed by atoms with Gasteiger partial charge in [0.05, 0.1) is 4.92 Å². The molecule has 0 spiro atoms. The summed E-state index contributed by atoms with van der Waals surface area (Å²) < 4.78 is 0. The standard InChI is InChI=1S/C16H17N3O3/c1-11-3-5-12(6-4-11)10-18-16(20)13-7-8-14(17-2)15(9-13)19(21)22/h3-9,17H,10H2,1-2H3,(H,18,20). The van der Waals surface area contributed by atoms with Crippen molar-refractivity contribution in [1.82, 2.24) is 5.32 Å². The molecule has 0 saturated heterocycles. The Kier molecular flexibility index (Phi) is 4.73. The largest absolute Gasteiger partial charge is 0.383 e. The predicted octanol–water partition coefficient (Wildman–Crippen LogP) is 2.87. The highest BCUT2D eigenvalue weighted by atomic mass is 16.6. The van der Waals surface area contributed by atoms with Crippen molar-refractivity contribution in [2.75, 3.05) is 12.4 Å². The van der Waals surface area contributed by atoms with E-state index in [4.69, 9.17) is 0 Å². The van der Waals surface area contributed by atoms with E-state index in [0.717, 1.165) is 11.1 Å². The third-order valence-electron chi connectivity index (χ3n) is 3.30. The van der Waals surface area contributed by atoms with Crippen LogP contribution >= 0.6 is 0 Å². The van der Waals surface area contributed by atoms with Gasteiger partial charge in [-0.3, -0.25) is 14.9 Å². The Morgan fingerprint density at radius 2 is 1.86 bits per heavy atom. The quantitative estimate of drug-likeness (QED) is 0.656. The molecule has 0 aliphatic rings. The van der Waals surface area contributed by atoms with E-state index in [1.54, 1.807) is 13.1 Å². The maximum Gasteiger partial charge on any atom is 0.293 e. The average molecular weight is 299 g/mol. The van der Waals surface area contributed by atoms with Crippen LogP contribution in [-0.2, 0) is 6.54 Å². The molecule has 0 radical (unpaired) electrons. The van der Waals surface area contributed by atoms with Crippen molar-refractivity contribution in [3.8, 4) is 0 Å². The molecule has 0 heterocycles. The molecular formula is C16H17N3O3. The molecule has 2 aromatic carbocycles. The van der Waals surface area contributed by atoms with Gasteiger partial charge in [0.25, 0.3) is 11.6 Å². The zero-order valence-corrected chi connectivity index (χ0v) is 12.4. The minimum Gasteiger partial charge on any atom is -0.383 e. The number of rotatable bonds is 5. The minimum absolute atomic E-state index is 0.120. The fourth-order valence-corrected chi connectivity index (χ4v) is 2.03. The Morgan fingerprint density at radius 1 is 1.18 bits per heavy atom. The van der Waals surface area contributed by atoms with Gasteiger partial charge in [-0.1, -0.05) is 29.8 Å². The molecule has 2 N–H and O–H groups in total. The van der Waals surface area contributed by atoms with Crippen LogP contribution in [0, 0.1) is 17.0 Å². The number of amides is 1. The number of carbonyl (C=O) groups excluding carboxylic acids is 1. The number of carbonyl (C=O) groups is 1. The molecule has 2 rings (SSSR count). The maximum absolute atomic E-state index is 12.1. The normalized spacial score (nSPS) is 10.1. The molecule has 22 heavy (non-hydrogen) atoms. The molecule has 2 aromatic rings. The van der Waals surface area contributed by atoms with Gasteiger partial charge in [-0.05, 0) is 24.6 Å². The summed E-state index contributed by atoms with van der Waals surface area (Å²) in [7, 11) is 1.60. The average Bonchev–Trinajstić information content (AvgIpc) is 2.53. The third kappa shape index (κ3) is 3.60. The van der Waals surface area contributed by atoms with Crippen LogP contribution in [0.4, 0.5) is 11.4 Å². The molecular weight excluding hydrogens is 282 g/mol. The van der Waals surface area contributed by atoms with Crippen LogP contribution < -0.4 is 10.6 Å². The van der Waals surface area contributed by atoms with Crippen molar-refractivity contribution in [3.63, 3.8) is 0 Å². The lowest BCUT2D eigenvalue weighted by Crippen LogP contribution is -2.22. The van der Waals surface area contributed by atoms with E-state index in [0.29, 0.717) is 12.2 Å². The van der Waals surface area contributed by atoms with Crippen molar-refractivity contribution < 1.29 is 9.72 Å². The summed E-state index contributed by atoms with van der Waals surface area (Å²) in [4.78, 5) is 22.6. The predicted molar refractivity (Wildman–Crippen MR) is 85.0 cm³/mol. The van der Waals surface area contributed by atoms with E-state index in [-0.39, 0.29) is 17.2 Å². The van der Waals surface area contributed by atoms with E-state index < -0.39 is 4.92 Å². The van der Waals surface area contributed by atoms with Crippen LogP contribution in [0.15, 0.2) is 42.5 Å². The molecule has 0 bridgehead atoms. The molecule has 0 aromatic heterocycles. The van der Waals surface area contributed by atoms with E-state index >= 15 is 0 Å². The second-order valence-electron chi connectivity index (χ2n) is 4.91. The number of aryl methyl sites for hydroxylation is 1. The summed E-state index contributed by atoms with van der Waals surface area (Å²) in [6.45, 7) is 2.37. The van der Waals surface area contributed by atoms with Gasteiger partial charge in [0.15, 0.2) is 0 Å². The van der Waals surface area contributed by atoms with Gasteiger partial charge in [0.2, 0.25) is 0 Å². The van der Waals surface area contributed by atoms with E-state index in [1.165, 1.54) is 12.1 Å². The van der Waals surface area contributed by atoms with Gasteiger partial charge in [0, 0.05) is 25.2 Å². The topological polar surface area (TPSA) is 84.3 Å². The number of benzene rings is 2. The smallest absolute Gasteiger partial charge is 0.293 e. The van der Waals surface area contributed by atoms with Gasteiger partial charge in [-0.15, -0.1) is 0 Å². The van der Waals surface area contributed by atoms with Crippen molar-refractivity contribution in [3.05, 3.63) is 69.3 Å². The molecule has 0 fully saturated rings. The first-order valence-electron chi connectivity index (χ1n) is 6.81. The Balaban J connectivity index is 2.10.